The third-order valence-corrected chi connectivity index (χ3v) is 3.92. The second-order valence-corrected chi connectivity index (χ2v) is 5.21. The van der Waals surface area contributed by atoms with Gasteiger partial charge in [0.2, 0.25) is 0 Å². The summed E-state index contributed by atoms with van der Waals surface area (Å²) in [4.78, 5) is 16.8. The van der Waals surface area contributed by atoms with Crippen LogP contribution >= 0.6 is 0 Å². The Morgan fingerprint density at radius 1 is 1.24 bits per heavy atom. The maximum atomic E-state index is 12.3. The molecule has 2 N–H and O–H groups in total. The molecule has 0 bridgehead atoms. The number of aromatic nitrogens is 1. The Morgan fingerprint density at radius 3 is 2.62 bits per heavy atom. The fourth-order valence-corrected chi connectivity index (χ4v) is 2.40. The van der Waals surface area contributed by atoms with Gasteiger partial charge >= 0.3 is 0 Å². The summed E-state index contributed by atoms with van der Waals surface area (Å²) in [6.45, 7) is 5.00. The second-order valence-electron chi connectivity index (χ2n) is 5.21. The van der Waals surface area contributed by atoms with E-state index in [2.05, 4.69) is 29.5 Å². The standard InChI is InChI=1S/C17H23N3O/c1-4-12(5-2)11-19-17(21)16-10-15(18-3)13-8-6-7-9-14(13)20-16/h6-10,12H,4-5,11H2,1-3H3,(H,18,20)(H,19,21). The molecule has 4 heteroatoms. The highest BCUT2D eigenvalue weighted by Crippen LogP contribution is 2.22. The Labute approximate surface area is 126 Å². The van der Waals surface area contributed by atoms with Gasteiger partial charge in [0.1, 0.15) is 5.69 Å². The normalized spacial score (nSPS) is 10.9. The van der Waals surface area contributed by atoms with Crippen molar-refractivity contribution >= 4 is 22.5 Å². The number of nitrogens with one attached hydrogen (secondary N) is 2. The van der Waals surface area contributed by atoms with Crippen molar-refractivity contribution in [2.24, 2.45) is 5.92 Å². The summed E-state index contributed by atoms with van der Waals surface area (Å²) in [6.07, 6.45) is 2.15. The molecule has 0 spiro atoms. The Morgan fingerprint density at radius 2 is 1.95 bits per heavy atom. The van der Waals surface area contributed by atoms with Crippen LogP contribution < -0.4 is 10.6 Å². The summed E-state index contributed by atoms with van der Waals surface area (Å²) in [7, 11) is 1.85. The van der Waals surface area contributed by atoms with E-state index in [-0.39, 0.29) is 5.91 Å². The first-order valence-corrected chi connectivity index (χ1v) is 7.55. The number of carbonyl (C=O) groups excluding carboxylic acids is 1. The second kappa shape index (κ2) is 7.07. The topological polar surface area (TPSA) is 54.0 Å². The summed E-state index contributed by atoms with van der Waals surface area (Å²) < 4.78 is 0. The lowest BCUT2D eigenvalue weighted by molar-refractivity contribution is 0.0942. The number of nitrogens with zero attached hydrogens (tertiary/aromatic N) is 1. The van der Waals surface area contributed by atoms with E-state index in [9.17, 15) is 4.79 Å². The fraction of sp³-hybridized carbons (Fsp3) is 0.412. The SMILES string of the molecule is CCC(CC)CNC(=O)c1cc(NC)c2ccccc2n1. The number of rotatable bonds is 6. The highest BCUT2D eigenvalue weighted by atomic mass is 16.1. The van der Waals surface area contributed by atoms with Gasteiger partial charge < -0.3 is 10.6 Å². The van der Waals surface area contributed by atoms with Crippen LogP contribution in [0.5, 0.6) is 0 Å². The molecule has 0 atom stereocenters. The van der Waals surface area contributed by atoms with Crippen LogP contribution in [-0.2, 0) is 0 Å². The van der Waals surface area contributed by atoms with E-state index < -0.39 is 0 Å². The molecular weight excluding hydrogens is 262 g/mol. The van der Waals surface area contributed by atoms with Crippen LogP contribution in [0.2, 0.25) is 0 Å². The van der Waals surface area contributed by atoms with Gasteiger partial charge in [0, 0.05) is 24.7 Å². The molecule has 0 saturated carbocycles. The molecule has 1 aromatic carbocycles. The van der Waals surface area contributed by atoms with Crippen molar-refractivity contribution in [2.45, 2.75) is 26.7 Å². The lowest BCUT2D eigenvalue weighted by Gasteiger charge is -2.14. The summed E-state index contributed by atoms with van der Waals surface area (Å²) in [6, 6.07) is 9.64. The lowest BCUT2D eigenvalue weighted by Crippen LogP contribution is -2.29. The molecule has 1 heterocycles. The van der Waals surface area contributed by atoms with Gasteiger partial charge in [-0.15, -0.1) is 0 Å². The van der Waals surface area contributed by atoms with Gasteiger partial charge in [-0.05, 0) is 18.1 Å². The zero-order chi connectivity index (χ0) is 15.2. The first-order valence-electron chi connectivity index (χ1n) is 7.55. The molecule has 0 fully saturated rings. The zero-order valence-electron chi connectivity index (χ0n) is 12.9. The van der Waals surface area contributed by atoms with Crippen molar-refractivity contribution in [3.8, 4) is 0 Å². The molecule has 0 saturated heterocycles. The molecule has 1 amide bonds. The van der Waals surface area contributed by atoms with E-state index in [0.717, 1.165) is 29.4 Å². The number of fused-ring (bicyclic) bond motifs is 1. The molecule has 0 aliphatic heterocycles. The Kier molecular flexibility index (Phi) is 5.14. The maximum absolute atomic E-state index is 12.3. The number of carbonyl (C=O) groups is 1. The van der Waals surface area contributed by atoms with Gasteiger partial charge in [0.25, 0.3) is 5.91 Å². The smallest absolute Gasteiger partial charge is 0.269 e. The summed E-state index contributed by atoms with van der Waals surface area (Å²) in [5.41, 5.74) is 2.22. The number of pyridine rings is 1. The van der Waals surface area contributed by atoms with Crippen LogP contribution in [0.25, 0.3) is 10.9 Å². The Hall–Kier alpha value is -2.10. The largest absolute Gasteiger partial charge is 0.388 e. The van der Waals surface area contributed by atoms with Crippen molar-refractivity contribution in [2.75, 3.05) is 18.9 Å². The molecule has 0 unspecified atom stereocenters. The Bertz CT molecular complexity index is 620. The molecule has 21 heavy (non-hydrogen) atoms. The summed E-state index contributed by atoms with van der Waals surface area (Å²) >= 11 is 0. The van der Waals surface area contributed by atoms with Crippen LogP contribution in [-0.4, -0.2) is 24.5 Å². The molecule has 112 valence electrons. The molecule has 2 rings (SSSR count). The average Bonchev–Trinajstić information content (AvgIpc) is 2.54. The average molecular weight is 285 g/mol. The minimum absolute atomic E-state index is 0.107. The lowest BCUT2D eigenvalue weighted by atomic mass is 10.0. The predicted molar refractivity (Wildman–Crippen MR) is 87.7 cm³/mol. The highest BCUT2D eigenvalue weighted by molar-refractivity contribution is 5.99. The van der Waals surface area contributed by atoms with Gasteiger partial charge in [-0.3, -0.25) is 4.79 Å². The van der Waals surface area contributed by atoms with Crippen LogP contribution in [0.4, 0.5) is 5.69 Å². The van der Waals surface area contributed by atoms with Crippen LogP contribution in [0.3, 0.4) is 0 Å². The molecule has 2 aromatic rings. The number of benzene rings is 1. The van der Waals surface area contributed by atoms with Crippen LogP contribution in [0.15, 0.2) is 30.3 Å². The number of hydrogen-bond donors (Lipinski definition) is 2. The van der Waals surface area contributed by atoms with Crippen molar-refractivity contribution in [1.82, 2.24) is 10.3 Å². The summed E-state index contributed by atoms with van der Waals surface area (Å²) in [5.74, 6) is 0.419. The molecule has 0 radical (unpaired) electrons. The predicted octanol–water partition coefficient (Wildman–Crippen LogP) is 3.44. The van der Waals surface area contributed by atoms with E-state index in [1.54, 1.807) is 0 Å². The van der Waals surface area contributed by atoms with Gasteiger partial charge in [-0.1, -0.05) is 44.9 Å². The van der Waals surface area contributed by atoms with Gasteiger partial charge in [0.15, 0.2) is 0 Å². The van der Waals surface area contributed by atoms with E-state index in [1.807, 2.05) is 37.4 Å². The maximum Gasteiger partial charge on any atom is 0.269 e. The van der Waals surface area contributed by atoms with E-state index in [4.69, 9.17) is 0 Å². The zero-order valence-corrected chi connectivity index (χ0v) is 12.9. The first-order chi connectivity index (χ1) is 10.2. The van der Waals surface area contributed by atoms with Crippen molar-refractivity contribution < 1.29 is 4.79 Å². The highest BCUT2D eigenvalue weighted by Gasteiger charge is 2.12. The van der Waals surface area contributed by atoms with Gasteiger partial charge in [-0.25, -0.2) is 4.98 Å². The van der Waals surface area contributed by atoms with Crippen molar-refractivity contribution in [3.05, 3.63) is 36.0 Å². The number of para-hydroxylation sites is 1. The Balaban J connectivity index is 2.23. The molecular formula is C17H23N3O. The minimum Gasteiger partial charge on any atom is -0.388 e. The van der Waals surface area contributed by atoms with Crippen molar-refractivity contribution in [3.63, 3.8) is 0 Å². The third-order valence-electron chi connectivity index (χ3n) is 3.92. The molecule has 0 aliphatic rings. The summed E-state index contributed by atoms with van der Waals surface area (Å²) in [5, 5.41) is 7.14. The monoisotopic (exact) mass is 285 g/mol. The first kappa shape index (κ1) is 15.3. The number of hydrogen-bond acceptors (Lipinski definition) is 3. The number of anilines is 1. The van der Waals surface area contributed by atoms with Gasteiger partial charge in [0.05, 0.1) is 5.52 Å². The molecule has 4 nitrogen and oxygen atoms in total. The van der Waals surface area contributed by atoms with E-state index in [1.165, 1.54) is 0 Å². The third kappa shape index (κ3) is 3.51. The number of amides is 1. The minimum atomic E-state index is -0.107. The molecule has 1 aromatic heterocycles. The van der Waals surface area contributed by atoms with Crippen LogP contribution in [0.1, 0.15) is 37.2 Å². The molecule has 0 aliphatic carbocycles. The van der Waals surface area contributed by atoms with E-state index >= 15 is 0 Å². The fourth-order valence-electron chi connectivity index (χ4n) is 2.40. The quantitative estimate of drug-likeness (QED) is 0.854. The van der Waals surface area contributed by atoms with Crippen molar-refractivity contribution in [1.29, 1.82) is 0 Å². The van der Waals surface area contributed by atoms with Gasteiger partial charge in [-0.2, -0.15) is 0 Å². The van der Waals surface area contributed by atoms with Crippen LogP contribution in [0, 0.1) is 5.92 Å². The van der Waals surface area contributed by atoms with E-state index in [0.29, 0.717) is 18.2 Å².